The zero-order chi connectivity index (χ0) is 8.32. The molecule has 1 aliphatic rings. The fraction of sp³-hybridized carbons (Fsp3) is 0.333. The molecule has 0 aromatic carbocycles. The topological polar surface area (TPSA) is 52.5 Å². The molecule has 0 bridgehead atoms. The Morgan fingerprint density at radius 2 is 1.91 bits per heavy atom. The fourth-order valence-corrected chi connectivity index (χ4v) is 1.46. The fourth-order valence-electron chi connectivity index (χ4n) is 0.792. The van der Waals surface area contributed by atoms with E-state index < -0.39 is 6.49 Å². The van der Waals surface area contributed by atoms with Gasteiger partial charge in [-0.05, 0) is 11.8 Å². The third-order valence-electron chi connectivity index (χ3n) is 1.28. The Kier molecular flexibility index (Phi) is 2.98. The van der Waals surface area contributed by atoms with Crippen LogP contribution in [0.2, 0.25) is 0 Å². The van der Waals surface area contributed by atoms with Crippen molar-refractivity contribution in [3.8, 4) is 0 Å². The van der Waals surface area contributed by atoms with Gasteiger partial charge in [0.25, 0.3) is 0 Å². The van der Waals surface area contributed by atoms with E-state index in [0.717, 1.165) is 0 Å². The lowest BCUT2D eigenvalue weighted by Gasteiger charge is -2.11. The van der Waals surface area contributed by atoms with Crippen molar-refractivity contribution in [2.24, 2.45) is 0 Å². The standard InChI is InChI=1S/C6H10NO2PS/c8-10(9,11)5-7-6-3-1-2-4-6/h1-4,6-7H,5H2,(H2,8,9,11). The maximum atomic E-state index is 8.85. The highest BCUT2D eigenvalue weighted by molar-refractivity contribution is 8.09. The lowest BCUT2D eigenvalue weighted by Crippen LogP contribution is -2.24. The monoisotopic (exact) mass is 191 g/mol. The quantitative estimate of drug-likeness (QED) is 0.562. The molecule has 0 amide bonds. The molecule has 0 radical (unpaired) electrons. The van der Waals surface area contributed by atoms with Gasteiger partial charge in [0, 0.05) is 6.04 Å². The van der Waals surface area contributed by atoms with Gasteiger partial charge in [0.05, 0.1) is 6.29 Å². The first kappa shape index (κ1) is 9.10. The summed E-state index contributed by atoms with van der Waals surface area (Å²) in [5.74, 6) is 0. The van der Waals surface area contributed by atoms with E-state index >= 15 is 0 Å². The van der Waals surface area contributed by atoms with Crippen molar-refractivity contribution in [2.75, 3.05) is 6.29 Å². The molecule has 0 aromatic rings. The van der Waals surface area contributed by atoms with E-state index in [2.05, 4.69) is 17.1 Å². The normalized spacial score (nSPS) is 18.0. The predicted molar refractivity (Wildman–Crippen MR) is 48.8 cm³/mol. The summed E-state index contributed by atoms with van der Waals surface area (Å²) in [5.41, 5.74) is 0. The van der Waals surface area contributed by atoms with Crippen molar-refractivity contribution in [1.29, 1.82) is 0 Å². The zero-order valence-electron chi connectivity index (χ0n) is 5.84. The molecule has 3 nitrogen and oxygen atoms in total. The lowest BCUT2D eigenvalue weighted by atomic mass is 10.3. The van der Waals surface area contributed by atoms with Crippen LogP contribution in [0, 0.1) is 0 Å². The molecule has 0 unspecified atom stereocenters. The van der Waals surface area contributed by atoms with Crippen molar-refractivity contribution in [3.05, 3.63) is 24.3 Å². The first-order chi connectivity index (χ1) is 5.08. The second-order valence-electron chi connectivity index (χ2n) is 2.32. The summed E-state index contributed by atoms with van der Waals surface area (Å²) in [4.78, 5) is 17.7. The van der Waals surface area contributed by atoms with Gasteiger partial charge in [0.2, 0.25) is 0 Å². The summed E-state index contributed by atoms with van der Waals surface area (Å²) in [6, 6.07) is 0.108. The Morgan fingerprint density at radius 3 is 2.36 bits per heavy atom. The third kappa shape index (κ3) is 3.79. The summed E-state index contributed by atoms with van der Waals surface area (Å²) in [7, 11) is 0. The Morgan fingerprint density at radius 1 is 1.36 bits per heavy atom. The molecule has 0 saturated heterocycles. The highest BCUT2D eigenvalue weighted by atomic mass is 32.5. The molecule has 0 spiro atoms. The minimum atomic E-state index is -3.06. The van der Waals surface area contributed by atoms with Gasteiger partial charge in [-0.25, -0.2) is 0 Å². The molecule has 0 atom stereocenters. The molecule has 0 heterocycles. The molecule has 1 rings (SSSR count). The van der Waals surface area contributed by atoms with Gasteiger partial charge in [-0.2, -0.15) is 0 Å². The van der Waals surface area contributed by atoms with E-state index in [4.69, 9.17) is 9.79 Å². The molecule has 0 aliphatic heterocycles. The summed E-state index contributed by atoms with van der Waals surface area (Å²) in [6.45, 7) is -3.06. The summed E-state index contributed by atoms with van der Waals surface area (Å²) in [6.07, 6.45) is 7.74. The van der Waals surface area contributed by atoms with Crippen LogP contribution in [0.3, 0.4) is 0 Å². The summed E-state index contributed by atoms with van der Waals surface area (Å²) in [5, 5.41) is 2.89. The Balaban J connectivity index is 2.28. The minimum Gasteiger partial charge on any atom is -0.344 e. The first-order valence-corrected chi connectivity index (χ1v) is 6.10. The molecule has 1 aliphatic carbocycles. The molecule has 5 heteroatoms. The van der Waals surface area contributed by atoms with Gasteiger partial charge < -0.3 is 9.79 Å². The number of hydrogen-bond acceptors (Lipinski definition) is 2. The maximum Gasteiger partial charge on any atom is 0.197 e. The SMILES string of the molecule is OP(O)(=S)CNC1C=CC=C1. The van der Waals surface area contributed by atoms with Crippen molar-refractivity contribution < 1.29 is 9.79 Å². The Labute approximate surface area is 70.6 Å². The van der Waals surface area contributed by atoms with Crippen LogP contribution in [0.1, 0.15) is 0 Å². The minimum absolute atomic E-state index is 0.0989. The van der Waals surface area contributed by atoms with E-state index in [1.807, 2.05) is 24.3 Å². The molecule has 0 fully saturated rings. The second kappa shape index (κ2) is 3.61. The Bertz CT molecular complexity index is 221. The van der Waals surface area contributed by atoms with Crippen molar-refractivity contribution in [3.63, 3.8) is 0 Å². The van der Waals surface area contributed by atoms with Gasteiger partial charge in [-0.15, -0.1) is 0 Å². The lowest BCUT2D eigenvalue weighted by molar-refractivity contribution is 0.470. The maximum absolute atomic E-state index is 8.85. The van der Waals surface area contributed by atoms with Crippen molar-refractivity contribution in [1.82, 2.24) is 5.32 Å². The van der Waals surface area contributed by atoms with Crippen LogP contribution in [0.15, 0.2) is 24.3 Å². The highest BCUT2D eigenvalue weighted by Crippen LogP contribution is 2.32. The van der Waals surface area contributed by atoms with E-state index in [9.17, 15) is 0 Å². The molecule has 0 aromatic heterocycles. The van der Waals surface area contributed by atoms with Crippen LogP contribution >= 0.6 is 6.49 Å². The van der Waals surface area contributed by atoms with Gasteiger partial charge >= 0.3 is 0 Å². The van der Waals surface area contributed by atoms with E-state index in [-0.39, 0.29) is 12.3 Å². The third-order valence-corrected chi connectivity index (χ3v) is 2.26. The molecular weight excluding hydrogens is 181 g/mol. The van der Waals surface area contributed by atoms with E-state index in [0.29, 0.717) is 0 Å². The smallest absolute Gasteiger partial charge is 0.197 e. The van der Waals surface area contributed by atoms with E-state index in [1.165, 1.54) is 0 Å². The number of hydrogen-bond donors (Lipinski definition) is 3. The van der Waals surface area contributed by atoms with Gasteiger partial charge in [0.1, 0.15) is 0 Å². The van der Waals surface area contributed by atoms with Crippen LogP contribution in [0.25, 0.3) is 0 Å². The van der Waals surface area contributed by atoms with Crippen molar-refractivity contribution >= 4 is 18.3 Å². The average molecular weight is 191 g/mol. The second-order valence-corrected chi connectivity index (χ2v) is 5.72. The average Bonchev–Trinajstić information content (AvgIpc) is 2.32. The van der Waals surface area contributed by atoms with Crippen LogP contribution in [-0.2, 0) is 11.8 Å². The molecule has 3 N–H and O–H groups in total. The molecule has 0 saturated carbocycles. The largest absolute Gasteiger partial charge is 0.344 e. The predicted octanol–water partition coefficient (Wildman–Crippen LogP) is 0.322. The first-order valence-electron chi connectivity index (χ1n) is 3.21. The van der Waals surface area contributed by atoms with Gasteiger partial charge in [-0.1, -0.05) is 24.3 Å². The van der Waals surface area contributed by atoms with Crippen LogP contribution < -0.4 is 5.32 Å². The molecular formula is C6H10NO2PS. The van der Waals surface area contributed by atoms with Gasteiger partial charge in [-0.3, -0.25) is 5.32 Å². The summed E-state index contributed by atoms with van der Waals surface area (Å²) >= 11 is 4.43. The molecule has 11 heavy (non-hydrogen) atoms. The van der Waals surface area contributed by atoms with E-state index in [1.54, 1.807) is 0 Å². The molecule has 62 valence electrons. The highest BCUT2D eigenvalue weighted by Gasteiger charge is 2.09. The summed E-state index contributed by atoms with van der Waals surface area (Å²) < 4.78 is 0. The zero-order valence-corrected chi connectivity index (χ0v) is 7.55. The number of allylic oxidation sites excluding steroid dienone is 2. The Hall–Kier alpha value is 0.0100. The van der Waals surface area contributed by atoms with Crippen LogP contribution in [0.5, 0.6) is 0 Å². The number of rotatable bonds is 3. The number of nitrogens with one attached hydrogen (secondary N) is 1. The van der Waals surface area contributed by atoms with Crippen LogP contribution in [-0.4, -0.2) is 22.1 Å². The van der Waals surface area contributed by atoms with Crippen molar-refractivity contribution in [2.45, 2.75) is 6.04 Å². The van der Waals surface area contributed by atoms with Crippen LogP contribution in [0.4, 0.5) is 0 Å². The van der Waals surface area contributed by atoms with Gasteiger partial charge in [0.15, 0.2) is 6.49 Å².